The van der Waals surface area contributed by atoms with E-state index >= 15 is 0 Å². The fourth-order valence-electron chi connectivity index (χ4n) is 1.81. The Morgan fingerprint density at radius 1 is 1.19 bits per heavy atom. The summed E-state index contributed by atoms with van der Waals surface area (Å²) in [6.45, 7) is 0. The molecule has 1 aromatic heterocycles. The molecule has 0 saturated heterocycles. The van der Waals surface area contributed by atoms with Gasteiger partial charge in [0.1, 0.15) is 11.7 Å². The summed E-state index contributed by atoms with van der Waals surface area (Å²) < 4.78 is 0.944. The Labute approximate surface area is 130 Å². The molecule has 3 N–H and O–H groups in total. The lowest BCUT2D eigenvalue weighted by Gasteiger charge is -2.15. The number of hydrogen-bond acceptors (Lipinski definition) is 3. The van der Waals surface area contributed by atoms with Crippen molar-refractivity contribution < 1.29 is 9.59 Å². The van der Waals surface area contributed by atoms with Gasteiger partial charge < -0.3 is 11.1 Å². The second-order valence-electron chi connectivity index (χ2n) is 4.47. The highest BCUT2D eigenvalue weighted by Gasteiger charge is 2.19. The molecule has 6 heteroatoms. The van der Waals surface area contributed by atoms with E-state index in [0.29, 0.717) is 6.42 Å². The minimum atomic E-state index is -0.777. The number of nitrogens with two attached hydrogens (primary N) is 1. The van der Waals surface area contributed by atoms with Crippen molar-refractivity contribution in [1.29, 1.82) is 0 Å². The molecule has 1 aromatic carbocycles. The molecule has 2 aromatic rings. The van der Waals surface area contributed by atoms with Gasteiger partial charge in [-0.15, -0.1) is 0 Å². The SMILES string of the molecule is NC(=O)[C@H](Cc1ccc(Br)cc1)NC(=O)c1ccccn1. The molecule has 0 aliphatic rings. The molecule has 2 rings (SSSR count). The summed E-state index contributed by atoms with van der Waals surface area (Å²) in [5, 5.41) is 2.61. The monoisotopic (exact) mass is 347 g/mol. The maximum atomic E-state index is 12.0. The van der Waals surface area contributed by atoms with Gasteiger partial charge in [-0.1, -0.05) is 34.1 Å². The van der Waals surface area contributed by atoms with Crippen molar-refractivity contribution in [2.75, 3.05) is 0 Å². The van der Waals surface area contributed by atoms with Crippen molar-refractivity contribution in [3.8, 4) is 0 Å². The van der Waals surface area contributed by atoms with Gasteiger partial charge in [-0.05, 0) is 29.8 Å². The number of halogens is 1. The van der Waals surface area contributed by atoms with Crippen molar-refractivity contribution in [3.05, 3.63) is 64.4 Å². The minimum absolute atomic E-state index is 0.250. The number of carbonyl (C=O) groups excluding carboxylic acids is 2. The predicted molar refractivity (Wildman–Crippen MR) is 82.5 cm³/mol. The highest BCUT2D eigenvalue weighted by Crippen LogP contribution is 2.12. The first-order chi connectivity index (χ1) is 10.1. The Bertz CT molecular complexity index is 629. The van der Waals surface area contributed by atoms with Crippen molar-refractivity contribution in [2.45, 2.75) is 12.5 Å². The van der Waals surface area contributed by atoms with Crippen LogP contribution in [0.15, 0.2) is 53.1 Å². The number of nitrogens with zero attached hydrogens (tertiary/aromatic N) is 1. The molecule has 0 saturated carbocycles. The van der Waals surface area contributed by atoms with E-state index in [1.807, 2.05) is 24.3 Å². The highest BCUT2D eigenvalue weighted by molar-refractivity contribution is 9.10. The van der Waals surface area contributed by atoms with E-state index in [1.54, 1.807) is 18.2 Å². The molecule has 1 heterocycles. The lowest BCUT2D eigenvalue weighted by Crippen LogP contribution is -2.46. The highest BCUT2D eigenvalue weighted by atomic mass is 79.9. The van der Waals surface area contributed by atoms with Gasteiger partial charge in [-0.2, -0.15) is 0 Å². The van der Waals surface area contributed by atoms with Crippen LogP contribution in [-0.4, -0.2) is 22.8 Å². The molecule has 0 aliphatic carbocycles. The first-order valence-corrected chi connectivity index (χ1v) is 7.11. The number of benzene rings is 1. The summed E-state index contributed by atoms with van der Waals surface area (Å²) in [5.74, 6) is -1.00. The van der Waals surface area contributed by atoms with Crippen LogP contribution in [0.4, 0.5) is 0 Å². The maximum Gasteiger partial charge on any atom is 0.270 e. The summed E-state index contributed by atoms with van der Waals surface area (Å²) in [6, 6.07) is 11.7. The fraction of sp³-hybridized carbons (Fsp3) is 0.133. The van der Waals surface area contributed by atoms with E-state index in [9.17, 15) is 9.59 Å². The summed E-state index contributed by atoms with van der Waals surface area (Å²) in [5.41, 5.74) is 6.51. The zero-order valence-corrected chi connectivity index (χ0v) is 12.7. The zero-order chi connectivity index (χ0) is 15.2. The molecule has 1 atom stereocenters. The Kier molecular flexibility index (Phi) is 5.05. The number of nitrogens with one attached hydrogen (secondary N) is 1. The molecule has 5 nitrogen and oxygen atoms in total. The molecule has 0 fully saturated rings. The van der Waals surface area contributed by atoms with Crippen LogP contribution in [0.1, 0.15) is 16.1 Å². The van der Waals surface area contributed by atoms with Crippen LogP contribution >= 0.6 is 15.9 Å². The largest absolute Gasteiger partial charge is 0.368 e. The third-order valence-corrected chi connectivity index (χ3v) is 3.43. The molecule has 21 heavy (non-hydrogen) atoms. The Hall–Kier alpha value is -2.21. The minimum Gasteiger partial charge on any atom is -0.368 e. The van der Waals surface area contributed by atoms with E-state index in [2.05, 4.69) is 26.2 Å². The quantitative estimate of drug-likeness (QED) is 0.862. The topological polar surface area (TPSA) is 85.1 Å². The van der Waals surface area contributed by atoms with E-state index in [4.69, 9.17) is 5.73 Å². The Balaban J connectivity index is 2.07. The van der Waals surface area contributed by atoms with Crippen molar-refractivity contribution in [3.63, 3.8) is 0 Å². The number of hydrogen-bond donors (Lipinski definition) is 2. The van der Waals surface area contributed by atoms with Gasteiger partial charge in [0.05, 0.1) is 0 Å². The van der Waals surface area contributed by atoms with Gasteiger partial charge in [0.2, 0.25) is 5.91 Å². The van der Waals surface area contributed by atoms with Crippen LogP contribution in [0.25, 0.3) is 0 Å². The smallest absolute Gasteiger partial charge is 0.270 e. The van der Waals surface area contributed by atoms with E-state index in [-0.39, 0.29) is 5.69 Å². The van der Waals surface area contributed by atoms with Crippen LogP contribution in [0.3, 0.4) is 0 Å². The molecular formula is C15H14BrN3O2. The summed E-state index contributed by atoms with van der Waals surface area (Å²) in [6.07, 6.45) is 1.85. The second-order valence-corrected chi connectivity index (χ2v) is 5.39. The fourth-order valence-corrected chi connectivity index (χ4v) is 2.07. The molecular weight excluding hydrogens is 334 g/mol. The van der Waals surface area contributed by atoms with Gasteiger partial charge in [-0.3, -0.25) is 14.6 Å². The van der Waals surface area contributed by atoms with Crippen molar-refractivity contribution >= 4 is 27.7 Å². The summed E-state index contributed by atoms with van der Waals surface area (Å²) in [4.78, 5) is 27.5. The second kappa shape index (κ2) is 6.99. The molecule has 0 unspecified atom stereocenters. The number of carbonyl (C=O) groups is 2. The number of aromatic nitrogens is 1. The first-order valence-electron chi connectivity index (χ1n) is 6.32. The van der Waals surface area contributed by atoms with Gasteiger partial charge in [0.25, 0.3) is 5.91 Å². The van der Waals surface area contributed by atoms with E-state index in [0.717, 1.165) is 10.0 Å². The summed E-state index contributed by atoms with van der Waals surface area (Å²) >= 11 is 3.34. The first kappa shape index (κ1) is 15.2. The lowest BCUT2D eigenvalue weighted by molar-refractivity contribution is -0.119. The average molecular weight is 348 g/mol. The molecule has 0 radical (unpaired) electrons. The third-order valence-electron chi connectivity index (χ3n) is 2.90. The molecule has 0 aliphatic heterocycles. The van der Waals surface area contributed by atoms with Crippen LogP contribution in [0.2, 0.25) is 0 Å². The number of pyridine rings is 1. The normalized spacial score (nSPS) is 11.7. The van der Waals surface area contributed by atoms with Crippen LogP contribution in [-0.2, 0) is 11.2 Å². The number of amides is 2. The van der Waals surface area contributed by atoms with Crippen molar-refractivity contribution in [2.24, 2.45) is 5.73 Å². The van der Waals surface area contributed by atoms with E-state index < -0.39 is 17.9 Å². The van der Waals surface area contributed by atoms with Gasteiger partial charge in [0, 0.05) is 17.1 Å². The van der Waals surface area contributed by atoms with E-state index in [1.165, 1.54) is 6.20 Å². The standard InChI is InChI=1S/C15H14BrN3O2/c16-11-6-4-10(5-7-11)9-13(14(17)20)19-15(21)12-3-1-2-8-18-12/h1-8,13H,9H2,(H2,17,20)(H,19,21)/t13-/m0/s1. The molecule has 0 bridgehead atoms. The van der Waals surface area contributed by atoms with Gasteiger partial charge in [-0.25, -0.2) is 0 Å². The van der Waals surface area contributed by atoms with Crippen LogP contribution in [0, 0.1) is 0 Å². The van der Waals surface area contributed by atoms with Crippen LogP contribution in [0.5, 0.6) is 0 Å². The van der Waals surface area contributed by atoms with Crippen LogP contribution < -0.4 is 11.1 Å². The lowest BCUT2D eigenvalue weighted by atomic mass is 10.1. The number of primary amides is 1. The molecule has 0 spiro atoms. The zero-order valence-electron chi connectivity index (χ0n) is 11.1. The van der Waals surface area contributed by atoms with Gasteiger partial charge in [0.15, 0.2) is 0 Å². The molecule has 2 amide bonds. The van der Waals surface area contributed by atoms with Crippen molar-refractivity contribution in [1.82, 2.24) is 10.3 Å². The van der Waals surface area contributed by atoms with Gasteiger partial charge >= 0.3 is 0 Å². The molecule has 108 valence electrons. The Morgan fingerprint density at radius 3 is 2.48 bits per heavy atom. The number of rotatable bonds is 5. The Morgan fingerprint density at radius 2 is 1.90 bits per heavy atom. The third kappa shape index (κ3) is 4.39. The summed E-state index contributed by atoms with van der Waals surface area (Å²) in [7, 11) is 0. The average Bonchev–Trinajstić information content (AvgIpc) is 2.49. The maximum absolute atomic E-state index is 12.0. The predicted octanol–water partition coefficient (Wildman–Crippen LogP) is 1.67.